The predicted octanol–water partition coefficient (Wildman–Crippen LogP) is 4.16. The Kier molecular flexibility index (Phi) is 6.12. The Morgan fingerprint density at radius 1 is 1.06 bits per heavy atom. The molecule has 1 aliphatic rings. The van der Waals surface area contributed by atoms with Crippen molar-refractivity contribution in [2.75, 3.05) is 23.4 Å². The molecule has 0 spiro atoms. The lowest BCUT2D eigenvalue weighted by molar-refractivity contribution is -0.121. The minimum absolute atomic E-state index is 0.101. The molecule has 0 saturated heterocycles. The van der Waals surface area contributed by atoms with Crippen molar-refractivity contribution in [3.8, 4) is 11.5 Å². The molecule has 1 heterocycles. The number of para-hydroxylation sites is 1. The van der Waals surface area contributed by atoms with Crippen molar-refractivity contribution in [3.63, 3.8) is 0 Å². The number of ether oxygens (including phenoxy) is 2. The first kappa shape index (κ1) is 20.4. The number of halogens is 1. The first-order valence-electron chi connectivity index (χ1n) is 9.88. The lowest BCUT2D eigenvalue weighted by atomic mass is 10.1. The third kappa shape index (κ3) is 5.19. The summed E-state index contributed by atoms with van der Waals surface area (Å²) in [5, 5.41) is 2.82. The number of anilines is 2. The molecule has 31 heavy (non-hydrogen) atoms. The van der Waals surface area contributed by atoms with Gasteiger partial charge in [0.2, 0.25) is 5.91 Å². The lowest BCUT2D eigenvalue weighted by Gasteiger charge is -2.29. The first-order valence-corrected chi connectivity index (χ1v) is 9.88. The molecule has 0 fully saturated rings. The second-order valence-corrected chi connectivity index (χ2v) is 7.04. The van der Waals surface area contributed by atoms with E-state index in [1.54, 1.807) is 35.2 Å². The topological polar surface area (TPSA) is 67.9 Å². The molecular weight excluding hydrogens is 399 g/mol. The molecule has 0 saturated carbocycles. The molecule has 2 amide bonds. The fourth-order valence-electron chi connectivity index (χ4n) is 3.23. The molecule has 6 nitrogen and oxygen atoms in total. The van der Waals surface area contributed by atoms with E-state index in [4.69, 9.17) is 9.47 Å². The highest BCUT2D eigenvalue weighted by Gasteiger charge is 2.26. The summed E-state index contributed by atoms with van der Waals surface area (Å²) in [4.78, 5) is 26.2. The van der Waals surface area contributed by atoms with Gasteiger partial charge in [-0.15, -0.1) is 0 Å². The fourth-order valence-corrected chi connectivity index (χ4v) is 3.23. The quantitative estimate of drug-likeness (QED) is 0.623. The van der Waals surface area contributed by atoms with Crippen LogP contribution in [0, 0.1) is 5.82 Å². The Morgan fingerprint density at radius 2 is 1.84 bits per heavy atom. The van der Waals surface area contributed by atoms with Crippen LogP contribution in [0.5, 0.6) is 11.5 Å². The van der Waals surface area contributed by atoms with Crippen LogP contribution in [-0.4, -0.2) is 25.0 Å². The number of nitrogens with zero attached hydrogens (tertiary/aromatic N) is 1. The summed E-state index contributed by atoms with van der Waals surface area (Å²) in [6, 6.07) is 20.4. The Morgan fingerprint density at radius 3 is 2.61 bits per heavy atom. The van der Waals surface area contributed by atoms with Gasteiger partial charge in [0.15, 0.2) is 6.61 Å². The van der Waals surface area contributed by atoms with E-state index >= 15 is 0 Å². The summed E-state index contributed by atoms with van der Waals surface area (Å²) in [5.74, 6) is 0.507. The fraction of sp³-hybridized carbons (Fsp3) is 0.167. The van der Waals surface area contributed by atoms with Gasteiger partial charge in [-0.05, 0) is 42.0 Å². The summed E-state index contributed by atoms with van der Waals surface area (Å²) in [7, 11) is 0. The smallest absolute Gasteiger partial charge is 0.265 e. The molecule has 0 aliphatic carbocycles. The monoisotopic (exact) mass is 420 g/mol. The minimum atomic E-state index is -0.327. The zero-order valence-electron chi connectivity index (χ0n) is 16.7. The van der Waals surface area contributed by atoms with E-state index in [0.29, 0.717) is 29.4 Å². The standard InChI is InChI=1S/C24H21FN2O4/c25-18-8-6-17(7-9-18)15-27-21-11-10-19(14-22(21)31-16-24(27)29)26-23(28)12-13-30-20-4-2-1-3-5-20/h1-11,14H,12-13,15-16H2,(H,26,28). The van der Waals surface area contributed by atoms with Crippen LogP contribution in [0.15, 0.2) is 72.8 Å². The van der Waals surface area contributed by atoms with Crippen LogP contribution < -0.4 is 19.7 Å². The van der Waals surface area contributed by atoms with Crippen molar-refractivity contribution in [1.82, 2.24) is 0 Å². The van der Waals surface area contributed by atoms with Crippen molar-refractivity contribution in [2.24, 2.45) is 0 Å². The van der Waals surface area contributed by atoms with Crippen molar-refractivity contribution in [2.45, 2.75) is 13.0 Å². The Balaban J connectivity index is 1.38. The highest BCUT2D eigenvalue weighted by atomic mass is 19.1. The largest absolute Gasteiger partial charge is 0.493 e. The molecule has 0 bridgehead atoms. The summed E-state index contributed by atoms with van der Waals surface area (Å²) < 4.78 is 24.2. The van der Waals surface area contributed by atoms with Crippen LogP contribution in [0.3, 0.4) is 0 Å². The van der Waals surface area contributed by atoms with Gasteiger partial charge < -0.3 is 19.7 Å². The Bertz CT molecular complexity index is 1070. The number of hydrogen-bond donors (Lipinski definition) is 1. The molecule has 0 aromatic heterocycles. The van der Waals surface area contributed by atoms with E-state index in [9.17, 15) is 14.0 Å². The average molecular weight is 420 g/mol. The van der Waals surface area contributed by atoms with Crippen LogP contribution in [0.1, 0.15) is 12.0 Å². The number of carbonyl (C=O) groups excluding carboxylic acids is 2. The van der Waals surface area contributed by atoms with Gasteiger partial charge in [-0.3, -0.25) is 9.59 Å². The summed E-state index contributed by atoms with van der Waals surface area (Å²) in [5.41, 5.74) is 1.98. The van der Waals surface area contributed by atoms with Crippen LogP contribution in [-0.2, 0) is 16.1 Å². The van der Waals surface area contributed by atoms with Crippen molar-refractivity contribution in [1.29, 1.82) is 0 Å². The van der Waals surface area contributed by atoms with E-state index in [1.165, 1.54) is 12.1 Å². The maximum absolute atomic E-state index is 13.2. The number of nitrogens with one attached hydrogen (secondary N) is 1. The van der Waals surface area contributed by atoms with Crippen molar-refractivity contribution < 1.29 is 23.5 Å². The number of rotatable bonds is 7. The van der Waals surface area contributed by atoms with Crippen LogP contribution >= 0.6 is 0 Å². The SMILES string of the molecule is O=C(CCOc1ccccc1)Nc1ccc2c(c1)OCC(=O)N2Cc1ccc(F)cc1. The van der Waals surface area contributed by atoms with Gasteiger partial charge in [-0.2, -0.15) is 0 Å². The Hall–Kier alpha value is -3.87. The van der Waals surface area contributed by atoms with Gasteiger partial charge in [0.1, 0.15) is 17.3 Å². The molecule has 7 heteroatoms. The summed E-state index contributed by atoms with van der Waals surface area (Å²) in [6.45, 7) is 0.464. The van der Waals surface area contributed by atoms with E-state index in [0.717, 1.165) is 5.56 Å². The average Bonchev–Trinajstić information content (AvgIpc) is 2.78. The molecular formula is C24H21FN2O4. The van der Waals surface area contributed by atoms with Crippen LogP contribution in [0.2, 0.25) is 0 Å². The van der Waals surface area contributed by atoms with Crippen LogP contribution in [0.25, 0.3) is 0 Å². The zero-order valence-corrected chi connectivity index (χ0v) is 16.7. The van der Waals surface area contributed by atoms with Crippen LogP contribution in [0.4, 0.5) is 15.8 Å². The van der Waals surface area contributed by atoms with Crippen molar-refractivity contribution >= 4 is 23.2 Å². The summed E-state index contributed by atoms with van der Waals surface area (Å²) >= 11 is 0. The number of carbonyl (C=O) groups is 2. The molecule has 3 aromatic rings. The van der Waals surface area contributed by atoms with Gasteiger partial charge in [0, 0.05) is 11.8 Å². The first-order chi connectivity index (χ1) is 15.1. The van der Waals surface area contributed by atoms with Gasteiger partial charge in [0.05, 0.1) is 25.3 Å². The maximum Gasteiger partial charge on any atom is 0.265 e. The highest BCUT2D eigenvalue weighted by Crippen LogP contribution is 2.35. The minimum Gasteiger partial charge on any atom is -0.493 e. The molecule has 3 aromatic carbocycles. The van der Waals surface area contributed by atoms with Crippen molar-refractivity contribution in [3.05, 3.63) is 84.2 Å². The number of fused-ring (bicyclic) bond motifs is 1. The highest BCUT2D eigenvalue weighted by molar-refractivity contribution is 5.99. The third-order valence-electron chi connectivity index (χ3n) is 4.78. The van der Waals surface area contributed by atoms with E-state index in [-0.39, 0.29) is 37.3 Å². The maximum atomic E-state index is 13.2. The van der Waals surface area contributed by atoms with E-state index in [1.807, 2.05) is 30.3 Å². The van der Waals surface area contributed by atoms with Gasteiger partial charge in [0.25, 0.3) is 5.91 Å². The molecule has 0 atom stereocenters. The van der Waals surface area contributed by atoms with E-state index < -0.39 is 0 Å². The normalized spacial score (nSPS) is 12.7. The second kappa shape index (κ2) is 9.30. The van der Waals surface area contributed by atoms with Gasteiger partial charge in [-0.1, -0.05) is 30.3 Å². The molecule has 0 radical (unpaired) electrons. The molecule has 1 aliphatic heterocycles. The van der Waals surface area contributed by atoms with Gasteiger partial charge >= 0.3 is 0 Å². The lowest BCUT2D eigenvalue weighted by Crippen LogP contribution is -2.38. The molecule has 158 valence electrons. The number of amides is 2. The predicted molar refractivity (Wildman–Crippen MR) is 115 cm³/mol. The molecule has 4 rings (SSSR count). The Labute approximate surface area is 179 Å². The van der Waals surface area contributed by atoms with Gasteiger partial charge in [-0.25, -0.2) is 4.39 Å². The number of hydrogen-bond acceptors (Lipinski definition) is 4. The summed E-state index contributed by atoms with van der Waals surface area (Å²) in [6.07, 6.45) is 0.196. The zero-order chi connectivity index (χ0) is 21.6. The number of benzene rings is 3. The third-order valence-corrected chi connectivity index (χ3v) is 4.78. The second-order valence-electron chi connectivity index (χ2n) is 7.04. The molecule has 1 N–H and O–H groups in total. The molecule has 0 unspecified atom stereocenters. The van der Waals surface area contributed by atoms with E-state index in [2.05, 4.69) is 5.32 Å².